The summed E-state index contributed by atoms with van der Waals surface area (Å²) in [5.41, 5.74) is 5.71. The number of rotatable bonds is 3. The highest BCUT2D eigenvalue weighted by Gasteiger charge is 2.14. The molecule has 0 spiro atoms. The summed E-state index contributed by atoms with van der Waals surface area (Å²) in [6, 6.07) is 3.45. The maximum Gasteiger partial charge on any atom is 0.254 e. The summed E-state index contributed by atoms with van der Waals surface area (Å²) in [4.78, 5) is 11.7. The van der Waals surface area contributed by atoms with E-state index in [1.165, 1.54) is 11.3 Å². The first kappa shape index (κ1) is 12.5. The first-order chi connectivity index (χ1) is 8.58. The molecule has 0 aliphatic rings. The SMILES string of the molecule is Nc1cc(C(=O)NCc2ccsc2)c(F)cc1F. The standard InChI is InChI=1S/C12H10F2N2OS/c13-9-4-10(14)11(15)3-8(9)12(17)16-5-7-1-2-18-6-7/h1-4,6H,5,15H2,(H,16,17). The van der Waals surface area contributed by atoms with Gasteiger partial charge in [0.05, 0.1) is 11.3 Å². The van der Waals surface area contributed by atoms with E-state index in [0.29, 0.717) is 12.6 Å². The van der Waals surface area contributed by atoms with Gasteiger partial charge in [-0.1, -0.05) is 0 Å². The number of hydrogen-bond donors (Lipinski definition) is 2. The minimum Gasteiger partial charge on any atom is -0.396 e. The van der Waals surface area contributed by atoms with Crippen molar-refractivity contribution in [3.63, 3.8) is 0 Å². The highest BCUT2D eigenvalue weighted by Crippen LogP contribution is 2.16. The molecule has 1 heterocycles. The van der Waals surface area contributed by atoms with Crippen molar-refractivity contribution in [2.45, 2.75) is 6.54 Å². The summed E-state index contributed by atoms with van der Waals surface area (Å²) in [6.07, 6.45) is 0. The Hall–Kier alpha value is -1.95. The van der Waals surface area contributed by atoms with Gasteiger partial charge in [0.1, 0.15) is 11.6 Å². The van der Waals surface area contributed by atoms with Crippen molar-refractivity contribution in [1.82, 2.24) is 5.32 Å². The van der Waals surface area contributed by atoms with E-state index in [9.17, 15) is 13.6 Å². The summed E-state index contributed by atoms with van der Waals surface area (Å²) < 4.78 is 26.3. The van der Waals surface area contributed by atoms with Crippen LogP contribution in [0.1, 0.15) is 15.9 Å². The molecule has 1 amide bonds. The van der Waals surface area contributed by atoms with Gasteiger partial charge in [-0.05, 0) is 28.5 Å². The van der Waals surface area contributed by atoms with Gasteiger partial charge in [-0.3, -0.25) is 4.79 Å². The monoisotopic (exact) mass is 268 g/mol. The highest BCUT2D eigenvalue weighted by atomic mass is 32.1. The number of carbonyl (C=O) groups is 1. The Kier molecular flexibility index (Phi) is 3.57. The molecule has 2 rings (SSSR count). The van der Waals surface area contributed by atoms with E-state index >= 15 is 0 Å². The second kappa shape index (κ2) is 5.14. The Balaban J connectivity index is 2.11. The fourth-order valence-electron chi connectivity index (χ4n) is 1.41. The Bertz CT molecular complexity index is 570. The van der Waals surface area contributed by atoms with Crippen LogP contribution in [-0.4, -0.2) is 5.91 Å². The molecular weight excluding hydrogens is 258 g/mol. The number of nitrogens with two attached hydrogens (primary N) is 1. The summed E-state index contributed by atoms with van der Waals surface area (Å²) >= 11 is 1.50. The highest BCUT2D eigenvalue weighted by molar-refractivity contribution is 7.07. The summed E-state index contributed by atoms with van der Waals surface area (Å²) in [5.74, 6) is -2.42. The van der Waals surface area contributed by atoms with E-state index in [-0.39, 0.29) is 11.3 Å². The first-order valence-electron chi connectivity index (χ1n) is 5.11. The molecule has 1 aromatic carbocycles. The van der Waals surface area contributed by atoms with Gasteiger partial charge >= 0.3 is 0 Å². The lowest BCUT2D eigenvalue weighted by Gasteiger charge is -2.06. The molecule has 6 heteroatoms. The van der Waals surface area contributed by atoms with Crippen LogP contribution in [0.4, 0.5) is 14.5 Å². The van der Waals surface area contributed by atoms with Crippen LogP contribution in [0.25, 0.3) is 0 Å². The van der Waals surface area contributed by atoms with Gasteiger partial charge in [0, 0.05) is 12.6 Å². The number of thiophene rings is 1. The molecule has 0 bridgehead atoms. The van der Waals surface area contributed by atoms with Crippen LogP contribution in [0.3, 0.4) is 0 Å². The van der Waals surface area contributed by atoms with Crippen molar-refractivity contribution in [3.05, 3.63) is 51.7 Å². The molecular formula is C12H10F2N2OS. The van der Waals surface area contributed by atoms with Crippen LogP contribution in [0.5, 0.6) is 0 Å². The topological polar surface area (TPSA) is 55.1 Å². The van der Waals surface area contributed by atoms with Gasteiger partial charge < -0.3 is 11.1 Å². The van der Waals surface area contributed by atoms with Crippen molar-refractivity contribution >= 4 is 22.9 Å². The number of carbonyl (C=O) groups excluding carboxylic acids is 1. The molecule has 0 saturated heterocycles. The van der Waals surface area contributed by atoms with Crippen molar-refractivity contribution in [2.24, 2.45) is 0 Å². The summed E-state index contributed by atoms with van der Waals surface area (Å²) in [6.45, 7) is 0.291. The third-order valence-corrected chi connectivity index (χ3v) is 3.10. The fourth-order valence-corrected chi connectivity index (χ4v) is 2.08. The maximum atomic E-state index is 13.4. The minimum absolute atomic E-state index is 0.253. The van der Waals surface area contributed by atoms with Crippen molar-refractivity contribution in [1.29, 1.82) is 0 Å². The number of amides is 1. The van der Waals surface area contributed by atoms with Crippen LogP contribution >= 0.6 is 11.3 Å². The molecule has 3 N–H and O–H groups in total. The summed E-state index contributed by atoms with van der Waals surface area (Å²) in [7, 11) is 0. The fraction of sp³-hybridized carbons (Fsp3) is 0.0833. The Labute approximate surface area is 106 Å². The Morgan fingerprint density at radius 2 is 2.11 bits per heavy atom. The van der Waals surface area contributed by atoms with Crippen molar-refractivity contribution < 1.29 is 13.6 Å². The molecule has 0 saturated carbocycles. The molecule has 94 valence electrons. The molecule has 1 aromatic heterocycles. The van der Waals surface area contributed by atoms with E-state index < -0.39 is 17.5 Å². The zero-order valence-electron chi connectivity index (χ0n) is 9.24. The number of benzene rings is 1. The predicted octanol–water partition coefficient (Wildman–Crippen LogP) is 2.54. The molecule has 0 aliphatic heterocycles. The number of anilines is 1. The zero-order valence-corrected chi connectivity index (χ0v) is 10.1. The van der Waals surface area contributed by atoms with Gasteiger partial charge in [0.15, 0.2) is 0 Å². The molecule has 3 nitrogen and oxygen atoms in total. The number of hydrogen-bond acceptors (Lipinski definition) is 3. The van der Waals surface area contributed by atoms with E-state index in [2.05, 4.69) is 5.32 Å². The lowest BCUT2D eigenvalue weighted by molar-refractivity contribution is 0.0947. The average molecular weight is 268 g/mol. The van der Waals surface area contributed by atoms with Gasteiger partial charge in [0.25, 0.3) is 5.91 Å². The van der Waals surface area contributed by atoms with Crippen molar-refractivity contribution in [3.8, 4) is 0 Å². The molecule has 0 unspecified atom stereocenters. The second-order valence-electron chi connectivity index (χ2n) is 3.67. The van der Waals surface area contributed by atoms with E-state index in [1.807, 2.05) is 16.8 Å². The quantitative estimate of drug-likeness (QED) is 0.840. The van der Waals surface area contributed by atoms with Crippen LogP contribution in [-0.2, 0) is 6.54 Å². The summed E-state index contributed by atoms with van der Waals surface area (Å²) in [5, 5.41) is 6.28. The molecule has 0 aliphatic carbocycles. The number of halogens is 2. The molecule has 2 aromatic rings. The van der Waals surface area contributed by atoms with E-state index in [0.717, 1.165) is 11.6 Å². The number of nitrogen functional groups attached to an aromatic ring is 1. The van der Waals surface area contributed by atoms with Gasteiger partial charge in [-0.15, -0.1) is 0 Å². The van der Waals surface area contributed by atoms with Crippen LogP contribution < -0.4 is 11.1 Å². The zero-order chi connectivity index (χ0) is 13.1. The molecule has 0 radical (unpaired) electrons. The van der Waals surface area contributed by atoms with E-state index in [4.69, 9.17) is 5.73 Å². The molecule has 0 fully saturated rings. The minimum atomic E-state index is -0.926. The molecule has 18 heavy (non-hydrogen) atoms. The van der Waals surface area contributed by atoms with Crippen LogP contribution in [0.15, 0.2) is 29.0 Å². The van der Waals surface area contributed by atoms with Gasteiger partial charge in [0.2, 0.25) is 0 Å². The Morgan fingerprint density at radius 1 is 1.33 bits per heavy atom. The van der Waals surface area contributed by atoms with E-state index in [1.54, 1.807) is 0 Å². The normalized spacial score (nSPS) is 10.3. The van der Waals surface area contributed by atoms with Gasteiger partial charge in [-0.2, -0.15) is 11.3 Å². The molecule has 0 atom stereocenters. The third kappa shape index (κ3) is 2.65. The third-order valence-electron chi connectivity index (χ3n) is 2.36. The van der Waals surface area contributed by atoms with Gasteiger partial charge in [-0.25, -0.2) is 8.78 Å². The first-order valence-corrected chi connectivity index (χ1v) is 6.06. The van der Waals surface area contributed by atoms with Crippen LogP contribution in [0.2, 0.25) is 0 Å². The van der Waals surface area contributed by atoms with Crippen molar-refractivity contribution in [2.75, 3.05) is 5.73 Å². The predicted molar refractivity (Wildman–Crippen MR) is 66.3 cm³/mol. The number of nitrogens with one attached hydrogen (secondary N) is 1. The largest absolute Gasteiger partial charge is 0.396 e. The second-order valence-corrected chi connectivity index (χ2v) is 4.45. The van der Waals surface area contributed by atoms with Crippen LogP contribution in [0, 0.1) is 11.6 Å². The average Bonchev–Trinajstić information content (AvgIpc) is 2.84. The smallest absolute Gasteiger partial charge is 0.254 e. The lowest BCUT2D eigenvalue weighted by Crippen LogP contribution is -2.24. The lowest BCUT2D eigenvalue weighted by atomic mass is 10.1. The maximum absolute atomic E-state index is 13.4. The Morgan fingerprint density at radius 3 is 2.78 bits per heavy atom.